The van der Waals surface area contributed by atoms with E-state index in [1.54, 1.807) is 0 Å². The Bertz CT molecular complexity index is 2040. The molecule has 5 aliphatic rings. The van der Waals surface area contributed by atoms with Crippen LogP contribution in [0.5, 0.6) is 0 Å². The molecule has 2 aromatic heterocycles. The number of aromatic nitrogens is 2. The number of carbonyl (C=O) groups is 3. The van der Waals surface area contributed by atoms with Crippen LogP contribution < -0.4 is 0 Å². The summed E-state index contributed by atoms with van der Waals surface area (Å²) in [5.41, 5.74) is 10.0. The van der Waals surface area contributed by atoms with Crippen LogP contribution >= 0.6 is 0 Å². The quantitative estimate of drug-likeness (QED) is 0.291. The van der Waals surface area contributed by atoms with E-state index in [1.165, 1.54) is 32.2 Å². The van der Waals surface area contributed by atoms with Gasteiger partial charge in [-0.05, 0) is 97.7 Å². The molecule has 264 valence electrons. The summed E-state index contributed by atoms with van der Waals surface area (Å²) in [5, 5.41) is 17.5. The number of rotatable bonds is 3. The number of alkyl halides is 3. The highest BCUT2D eigenvalue weighted by atomic mass is 19.4. The van der Waals surface area contributed by atoms with Gasteiger partial charge in [-0.15, -0.1) is 0 Å². The number of pyridine rings is 1. The number of benzene rings is 1. The number of hydrogen-bond donors (Lipinski definition) is 3. The van der Waals surface area contributed by atoms with Crippen molar-refractivity contribution in [2.24, 2.45) is 5.92 Å². The number of carboxylic acids is 1. The molecule has 0 bridgehead atoms. The third-order valence-electron chi connectivity index (χ3n) is 10.1. The van der Waals surface area contributed by atoms with E-state index in [4.69, 9.17) is 12.7 Å². The number of H-pyrrole nitrogens is 1. The number of halogens is 3. The van der Waals surface area contributed by atoms with Crippen LogP contribution in [0.4, 0.5) is 18.0 Å². The highest BCUT2D eigenvalue weighted by Gasteiger charge is 2.41. The minimum atomic E-state index is -5.08. The van der Waals surface area contributed by atoms with Gasteiger partial charge in [-0.25, -0.2) is 9.59 Å². The van der Waals surface area contributed by atoms with Gasteiger partial charge in [-0.2, -0.15) is 13.2 Å². The second-order valence-corrected chi connectivity index (χ2v) is 12.9. The van der Waals surface area contributed by atoms with Crippen LogP contribution in [0, 0.1) is 5.92 Å². The first-order valence-electron chi connectivity index (χ1n) is 17.6. The van der Waals surface area contributed by atoms with E-state index < -0.39 is 18.2 Å². The number of fused-ring (bicyclic) bond motifs is 4. The number of nitrogens with zero attached hydrogens (tertiary/aromatic N) is 4. The fraction of sp³-hybridized carbons (Fsp3) is 0.405. The molecule has 8 rings (SSSR count). The van der Waals surface area contributed by atoms with Crippen LogP contribution in [0.1, 0.15) is 56.9 Å². The van der Waals surface area contributed by atoms with Crippen molar-refractivity contribution in [3.8, 4) is 0 Å². The fourth-order valence-electron chi connectivity index (χ4n) is 7.83. The third kappa shape index (κ3) is 6.41. The summed E-state index contributed by atoms with van der Waals surface area (Å²) in [7, 11) is 2.06. The Morgan fingerprint density at radius 3 is 2.52 bits per heavy atom. The number of aliphatic carboxylic acids is 1. The van der Waals surface area contributed by atoms with Gasteiger partial charge in [-0.3, -0.25) is 19.6 Å². The number of amides is 2. The molecule has 10 nitrogen and oxygen atoms in total. The molecular formula is C37H40F3N5O5. The molecule has 3 N–H and O–H groups in total. The summed E-state index contributed by atoms with van der Waals surface area (Å²) in [5.74, 6) is -2.71. The lowest BCUT2D eigenvalue weighted by Crippen LogP contribution is -2.47. The van der Waals surface area contributed by atoms with Crippen molar-refractivity contribution in [1.29, 1.82) is 0 Å². The molecule has 0 radical (unpaired) electrons. The molecule has 2 aliphatic heterocycles. The van der Waals surface area contributed by atoms with Crippen molar-refractivity contribution in [3.63, 3.8) is 0 Å². The topological polar surface area (TPSA) is 130 Å². The van der Waals surface area contributed by atoms with Crippen LogP contribution in [0.25, 0.3) is 22.0 Å². The highest BCUT2D eigenvalue weighted by Crippen LogP contribution is 2.47. The van der Waals surface area contributed by atoms with Crippen LogP contribution in [-0.4, -0.2) is 97.8 Å². The van der Waals surface area contributed by atoms with Gasteiger partial charge in [0.15, 0.2) is 1.41 Å². The molecule has 2 amide bonds. The first-order chi connectivity index (χ1) is 24.7. The number of nitrogens with one attached hydrogen (secondary N) is 1. The average Bonchev–Trinajstić information content (AvgIpc) is 3.61. The lowest BCUT2D eigenvalue weighted by Gasteiger charge is -2.40. The fourth-order valence-corrected chi connectivity index (χ4v) is 7.83. The van der Waals surface area contributed by atoms with Crippen molar-refractivity contribution in [3.05, 3.63) is 88.5 Å². The number of carboxylic acid groups (broad SMARTS) is 2. The van der Waals surface area contributed by atoms with E-state index in [-0.39, 0.29) is 30.1 Å². The molecule has 0 saturated heterocycles. The molecule has 1 unspecified atom stereocenters. The Balaban J connectivity index is 0.000000156. The zero-order valence-corrected chi connectivity index (χ0v) is 28.0. The van der Waals surface area contributed by atoms with Gasteiger partial charge in [0.2, 0.25) is 5.91 Å². The highest BCUT2D eigenvalue weighted by molar-refractivity contribution is 5.99. The van der Waals surface area contributed by atoms with Gasteiger partial charge < -0.3 is 20.1 Å². The summed E-state index contributed by atoms with van der Waals surface area (Å²) in [6, 6.07) is 10.2. The van der Waals surface area contributed by atoms with E-state index in [1.807, 2.05) is 49.3 Å². The zero-order valence-electron chi connectivity index (χ0n) is 30.0. The molecule has 3 aliphatic carbocycles. The van der Waals surface area contributed by atoms with Gasteiger partial charge in [0.1, 0.15) is 0 Å². The molecule has 50 heavy (non-hydrogen) atoms. The summed E-state index contributed by atoms with van der Waals surface area (Å²) in [4.78, 5) is 44.5. The Hall–Kier alpha value is -4.91. The lowest BCUT2D eigenvalue weighted by atomic mass is 9.77. The SMILES string of the molecule is O=C(O)C(F)(F)F.O=C(O)N1C=C2Cc3ncccc3C3=C2C1CCC3.[2H]c1c2c3c(cccc3n1[2H])C1=C[C@@H](C(=O)N(CC)CC)CN(C)[C@@H]1C2. The van der Waals surface area contributed by atoms with Crippen molar-refractivity contribution in [2.45, 2.75) is 64.2 Å². The maximum Gasteiger partial charge on any atom is 0.490 e. The standard InChI is InChI=1S/C20H25N3O.C15H14N2O2.C2HF3O2/c1-4-23(5-2)20(24)14-9-16-15-7-6-8-17-19(15)13(11-21-17)10-18(16)22(3)12-14;18-15(19)17-8-9-7-12-10(4-2-6-16-12)11-3-1-5-13(17)14(9)11;3-2(4,5)1(6)7/h6-9,11,14,18,21H,4-5,10,12H2,1-3H3;2,4,6,8,13H,1,3,5,7H2,(H,18,19);(H,6,7)/t14-,18-;;/m1../s1/i11D;;/hD. The smallest absolute Gasteiger partial charge is 0.475 e. The summed E-state index contributed by atoms with van der Waals surface area (Å²) < 4.78 is 48.3. The summed E-state index contributed by atoms with van der Waals surface area (Å²) >= 11 is 0. The molecule has 3 aromatic rings. The first-order valence-corrected chi connectivity index (χ1v) is 16.7. The number of hydrogen-bond acceptors (Lipinski definition) is 5. The van der Waals surface area contributed by atoms with Crippen LogP contribution in [0.3, 0.4) is 0 Å². The first kappa shape index (κ1) is 32.3. The van der Waals surface area contributed by atoms with Gasteiger partial charge in [0.25, 0.3) is 0 Å². The number of carbonyl (C=O) groups excluding carboxylic acids is 1. The zero-order chi connectivity index (χ0) is 37.6. The lowest BCUT2D eigenvalue weighted by molar-refractivity contribution is -0.192. The predicted molar refractivity (Wildman–Crippen MR) is 182 cm³/mol. The van der Waals surface area contributed by atoms with E-state index in [0.717, 1.165) is 78.5 Å². The normalized spacial score (nSPS) is 22.3. The monoisotopic (exact) mass is 693 g/mol. The number of aromatic amines is 1. The molecule has 0 spiro atoms. The Labute approximate surface area is 290 Å². The average molecular weight is 694 g/mol. The van der Waals surface area contributed by atoms with Crippen LogP contribution in [0.15, 0.2) is 66.1 Å². The van der Waals surface area contributed by atoms with Crippen LogP contribution in [0.2, 0.25) is 1.41 Å². The van der Waals surface area contributed by atoms with Gasteiger partial charge in [0.05, 0.1) is 19.0 Å². The van der Waals surface area contributed by atoms with Crippen molar-refractivity contribution < 1.29 is 40.6 Å². The molecule has 1 aromatic carbocycles. The van der Waals surface area contributed by atoms with Crippen molar-refractivity contribution in [2.75, 3.05) is 26.7 Å². The number of allylic oxidation sites excluding steroid dienone is 1. The number of likely N-dealkylation sites (N-methyl/N-ethyl adjacent to an activating group) is 1. The Morgan fingerprint density at radius 1 is 1.12 bits per heavy atom. The van der Waals surface area contributed by atoms with Gasteiger partial charge in [-0.1, -0.05) is 24.3 Å². The summed E-state index contributed by atoms with van der Waals surface area (Å²) in [6.45, 7) is 6.19. The second kappa shape index (κ2) is 13.8. The maximum absolute atomic E-state index is 12.9. The van der Waals surface area contributed by atoms with E-state index >= 15 is 0 Å². The predicted octanol–water partition coefficient (Wildman–Crippen LogP) is 6.36. The Morgan fingerprint density at radius 2 is 1.84 bits per heavy atom. The molecule has 4 heterocycles. The molecular weight excluding hydrogens is 651 g/mol. The minimum Gasteiger partial charge on any atom is -0.475 e. The minimum absolute atomic E-state index is 0.0320. The van der Waals surface area contributed by atoms with Gasteiger partial charge >= 0.3 is 18.2 Å². The van der Waals surface area contributed by atoms with Gasteiger partial charge in [0, 0.05) is 61.6 Å². The largest absolute Gasteiger partial charge is 0.490 e. The summed E-state index contributed by atoms with van der Waals surface area (Å²) in [6.07, 6.45) is 4.62. The van der Waals surface area contributed by atoms with Crippen molar-refractivity contribution >= 4 is 40.0 Å². The molecule has 3 atom stereocenters. The van der Waals surface area contributed by atoms with E-state index in [0.29, 0.717) is 6.54 Å². The van der Waals surface area contributed by atoms with Crippen LogP contribution in [-0.2, 0) is 22.4 Å². The Kier molecular flexibility index (Phi) is 8.90. The molecule has 13 heteroatoms. The maximum atomic E-state index is 12.9. The van der Waals surface area contributed by atoms with E-state index in [9.17, 15) is 27.9 Å². The van der Waals surface area contributed by atoms with Crippen molar-refractivity contribution in [1.82, 2.24) is 24.7 Å². The molecule has 0 fully saturated rings. The second-order valence-electron chi connectivity index (χ2n) is 12.9. The van der Waals surface area contributed by atoms with E-state index in [2.05, 4.69) is 35.1 Å². The third-order valence-corrected chi connectivity index (χ3v) is 10.1. The molecule has 0 saturated carbocycles.